The van der Waals surface area contributed by atoms with Gasteiger partial charge in [0.25, 0.3) is 0 Å². The molecule has 0 aliphatic carbocycles. The smallest absolute Gasteiger partial charge is 0.250 e. The first-order valence-electron chi connectivity index (χ1n) is 8.76. The third kappa shape index (κ3) is 7.15. The minimum absolute atomic E-state index is 0. The van der Waals surface area contributed by atoms with Crippen molar-refractivity contribution < 1.29 is 13.2 Å². The Bertz CT molecular complexity index is 678. The molecule has 2 heterocycles. The van der Waals surface area contributed by atoms with Gasteiger partial charge in [0, 0.05) is 23.4 Å². The molecule has 6 nitrogen and oxygen atoms in total. The normalized spacial score (nSPS) is 17.7. The fourth-order valence-electron chi connectivity index (χ4n) is 2.63. The zero-order valence-corrected chi connectivity index (χ0v) is 18.1. The van der Waals surface area contributed by atoms with Crippen molar-refractivity contribution >= 4 is 39.7 Å². The van der Waals surface area contributed by atoms with E-state index in [1.165, 1.54) is 11.3 Å². The molecule has 1 aliphatic rings. The van der Waals surface area contributed by atoms with E-state index in [-0.39, 0.29) is 18.3 Å². The summed E-state index contributed by atoms with van der Waals surface area (Å²) in [4.78, 5) is 12.8. The van der Waals surface area contributed by atoms with Gasteiger partial charge in [-0.05, 0) is 50.4 Å². The highest BCUT2D eigenvalue weighted by atomic mass is 35.5. The molecule has 26 heavy (non-hydrogen) atoms. The Morgan fingerprint density at radius 3 is 2.65 bits per heavy atom. The van der Waals surface area contributed by atoms with Crippen LogP contribution < -0.4 is 15.4 Å². The van der Waals surface area contributed by atoms with Crippen LogP contribution >= 0.6 is 23.7 Å². The minimum atomic E-state index is -3.43. The van der Waals surface area contributed by atoms with Crippen LogP contribution in [-0.2, 0) is 21.2 Å². The van der Waals surface area contributed by atoms with Crippen molar-refractivity contribution in [2.75, 3.05) is 26.2 Å². The highest BCUT2D eigenvalue weighted by Gasteiger charge is 2.21. The lowest BCUT2D eigenvalue weighted by Gasteiger charge is -2.17. The summed E-state index contributed by atoms with van der Waals surface area (Å²) in [5, 5.41) is 6.17. The molecule has 0 spiro atoms. The molecule has 1 atom stereocenters. The second-order valence-electron chi connectivity index (χ2n) is 7.52. The summed E-state index contributed by atoms with van der Waals surface area (Å²) in [6.45, 7) is 8.59. The second kappa shape index (κ2) is 10.0. The van der Waals surface area contributed by atoms with Gasteiger partial charge in [-0.2, -0.15) is 0 Å². The van der Waals surface area contributed by atoms with Gasteiger partial charge in [0.05, 0.1) is 0 Å². The quantitative estimate of drug-likeness (QED) is 0.597. The van der Waals surface area contributed by atoms with Crippen LogP contribution in [0.5, 0.6) is 0 Å². The highest BCUT2D eigenvalue weighted by molar-refractivity contribution is 7.91. The zero-order valence-electron chi connectivity index (χ0n) is 15.6. The number of carbonyl (C=O) groups is 1. The van der Waals surface area contributed by atoms with E-state index >= 15 is 0 Å². The molecule has 2 rings (SSSR count). The Morgan fingerprint density at radius 1 is 1.31 bits per heavy atom. The molecule has 9 heteroatoms. The topological polar surface area (TPSA) is 87.3 Å². The van der Waals surface area contributed by atoms with Gasteiger partial charge >= 0.3 is 0 Å². The Labute approximate surface area is 167 Å². The Hall–Kier alpha value is -0.670. The standard InChI is InChI=1S/C17H29N3O3S2.ClH/c1-17(2,3)16(21)19-10-8-14-4-5-15(24-14)25(22,23)20-11-7-13-6-9-18-12-13;/h4-5,13,18,20H,6-12H2,1-3H3,(H,19,21);1H. The number of carbonyl (C=O) groups excluding carboxylic acids is 1. The van der Waals surface area contributed by atoms with Crippen molar-refractivity contribution in [3.63, 3.8) is 0 Å². The first kappa shape index (κ1) is 23.4. The van der Waals surface area contributed by atoms with Crippen LogP contribution in [0, 0.1) is 11.3 Å². The van der Waals surface area contributed by atoms with Crippen LogP contribution in [0.25, 0.3) is 0 Å². The summed E-state index contributed by atoms with van der Waals surface area (Å²) in [7, 11) is -3.43. The highest BCUT2D eigenvalue weighted by Crippen LogP contribution is 2.22. The van der Waals surface area contributed by atoms with Gasteiger partial charge in [-0.1, -0.05) is 20.8 Å². The van der Waals surface area contributed by atoms with Crippen molar-refractivity contribution in [2.45, 2.75) is 44.2 Å². The fraction of sp³-hybridized carbons (Fsp3) is 0.706. The van der Waals surface area contributed by atoms with E-state index in [1.54, 1.807) is 6.07 Å². The molecule has 1 aromatic heterocycles. The first-order chi connectivity index (χ1) is 11.7. The van der Waals surface area contributed by atoms with Crippen molar-refractivity contribution in [2.24, 2.45) is 11.3 Å². The average Bonchev–Trinajstić information content (AvgIpc) is 3.17. The van der Waals surface area contributed by atoms with E-state index in [0.717, 1.165) is 30.8 Å². The predicted molar refractivity (Wildman–Crippen MR) is 109 cm³/mol. The largest absolute Gasteiger partial charge is 0.355 e. The lowest BCUT2D eigenvalue weighted by molar-refractivity contribution is -0.128. The van der Waals surface area contributed by atoms with Gasteiger partial charge < -0.3 is 10.6 Å². The van der Waals surface area contributed by atoms with E-state index in [2.05, 4.69) is 15.4 Å². The Morgan fingerprint density at radius 2 is 2.04 bits per heavy atom. The zero-order chi connectivity index (χ0) is 18.5. The van der Waals surface area contributed by atoms with Crippen molar-refractivity contribution in [1.29, 1.82) is 0 Å². The number of rotatable bonds is 8. The van der Waals surface area contributed by atoms with Gasteiger partial charge in [0.15, 0.2) is 0 Å². The molecule has 1 aromatic rings. The number of thiophene rings is 1. The molecule has 150 valence electrons. The van der Waals surface area contributed by atoms with Crippen molar-refractivity contribution in [1.82, 2.24) is 15.4 Å². The van der Waals surface area contributed by atoms with E-state index in [9.17, 15) is 13.2 Å². The third-order valence-electron chi connectivity index (χ3n) is 4.25. The summed E-state index contributed by atoms with van der Waals surface area (Å²) in [6.07, 6.45) is 2.62. The van der Waals surface area contributed by atoms with E-state index in [1.807, 2.05) is 26.8 Å². The van der Waals surface area contributed by atoms with E-state index in [0.29, 0.717) is 29.6 Å². The van der Waals surface area contributed by atoms with Crippen LogP contribution in [0.4, 0.5) is 0 Å². The molecule has 0 aromatic carbocycles. The molecule has 1 fully saturated rings. The fourth-order valence-corrected chi connectivity index (χ4v) is 5.08. The molecule has 3 N–H and O–H groups in total. The number of nitrogens with one attached hydrogen (secondary N) is 3. The maximum absolute atomic E-state index is 12.3. The molecule has 0 bridgehead atoms. The number of sulfonamides is 1. The average molecular weight is 424 g/mol. The molecule has 1 saturated heterocycles. The summed E-state index contributed by atoms with van der Waals surface area (Å²) < 4.78 is 27.7. The first-order valence-corrected chi connectivity index (χ1v) is 11.1. The van der Waals surface area contributed by atoms with Gasteiger partial charge in [-0.25, -0.2) is 13.1 Å². The van der Waals surface area contributed by atoms with Crippen molar-refractivity contribution in [3.05, 3.63) is 17.0 Å². The Balaban J connectivity index is 0.00000338. The molecule has 1 aliphatic heterocycles. The summed E-state index contributed by atoms with van der Waals surface area (Å²) >= 11 is 1.27. The van der Waals surface area contributed by atoms with Crippen LogP contribution in [0.3, 0.4) is 0 Å². The van der Waals surface area contributed by atoms with Crippen LogP contribution in [-0.4, -0.2) is 40.5 Å². The van der Waals surface area contributed by atoms with Gasteiger partial charge in [-0.15, -0.1) is 23.7 Å². The number of amides is 1. The SMILES string of the molecule is CC(C)(C)C(=O)NCCc1ccc(S(=O)(=O)NCCC2CCNC2)s1.Cl. The second-order valence-corrected chi connectivity index (χ2v) is 10.7. The third-order valence-corrected chi connectivity index (χ3v) is 7.34. The molecular weight excluding hydrogens is 394 g/mol. The monoisotopic (exact) mass is 423 g/mol. The van der Waals surface area contributed by atoms with Gasteiger partial charge in [0.2, 0.25) is 15.9 Å². The maximum Gasteiger partial charge on any atom is 0.250 e. The van der Waals surface area contributed by atoms with Crippen LogP contribution in [0.1, 0.15) is 38.5 Å². The van der Waals surface area contributed by atoms with Crippen LogP contribution in [0.15, 0.2) is 16.3 Å². The van der Waals surface area contributed by atoms with E-state index < -0.39 is 15.4 Å². The summed E-state index contributed by atoms with van der Waals surface area (Å²) in [5.74, 6) is 0.563. The van der Waals surface area contributed by atoms with Crippen molar-refractivity contribution in [3.8, 4) is 0 Å². The Kier molecular flexibility index (Phi) is 9.02. The summed E-state index contributed by atoms with van der Waals surface area (Å²) in [5.41, 5.74) is -0.414. The molecule has 0 radical (unpaired) electrons. The molecule has 1 amide bonds. The molecule has 0 saturated carbocycles. The molecular formula is C17H30ClN3O3S2. The number of halogens is 1. The minimum Gasteiger partial charge on any atom is -0.355 e. The van der Waals surface area contributed by atoms with Gasteiger partial charge in [-0.3, -0.25) is 4.79 Å². The van der Waals surface area contributed by atoms with Gasteiger partial charge in [0.1, 0.15) is 4.21 Å². The number of hydrogen-bond acceptors (Lipinski definition) is 5. The molecule has 1 unspecified atom stereocenters. The van der Waals surface area contributed by atoms with E-state index in [4.69, 9.17) is 0 Å². The lowest BCUT2D eigenvalue weighted by atomic mass is 9.96. The summed E-state index contributed by atoms with van der Waals surface area (Å²) in [6, 6.07) is 3.47. The maximum atomic E-state index is 12.3. The lowest BCUT2D eigenvalue weighted by Crippen LogP contribution is -2.35. The number of hydrogen-bond donors (Lipinski definition) is 3. The predicted octanol–water partition coefficient (Wildman–Crippen LogP) is 2.15. The van der Waals surface area contributed by atoms with Crippen LogP contribution in [0.2, 0.25) is 0 Å².